The van der Waals surface area contributed by atoms with Crippen LogP contribution in [0.1, 0.15) is 23.6 Å². The van der Waals surface area contributed by atoms with E-state index in [0.717, 1.165) is 66.7 Å². The van der Waals surface area contributed by atoms with Gasteiger partial charge in [0.25, 0.3) is 0 Å². The maximum atomic E-state index is 5.78. The molecule has 2 aromatic rings. The smallest absolute Gasteiger partial charge is 0.165 e. The highest BCUT2D eigenvalue weighted by Gasteiger charge is 2.30. The zero-order valence-corrected chi connectivity index (χ0v) is 17.2. The van der Waals surface area contributed by atoms with Gasteiger partial charge in [-0.2, -0.15) is 0 Å². The van der Waals surface area contributed by atoms with E-state index in [1.807, 2.05) is 24.3 Å². The van der Waals surface area contributed by atoms with Crippen molar-refractivity contribution >= 4 is 0 Å². The molecule has 0 aromatic heterocycles. The predicted molar refractivity (Wildman–Crippen MR) is 110 cm³/mol. The van der Waals surface area contributed by atoms with Crippen LogP contribution in [0.4, 0.5) is 0 Å². The molecule has 3 rings (SSSR count). The van der Waals surface area contributed by atoms with Gasteiger partial charge >= 0.3 is 0 Å². The molecule has 0 radical (unpaired) electrons. The Labute approximate surface area is 167 Å². The van der Waals surface area contributed by atoms with Gasteiger partial charge in [0.05, 0.1) is 34.5 Å². The Morgan fingerprint density at radius 2 is 1.32 bits per heavy atom. The summed E-state index contributed by atoms with van der Waals surface area (Å²) in [6, 6.07) is 12.0. The van der Waals surface area contributed by atoms with Crippen LogP contribution in [0.15, 0.2) is 36.4 Å². The molecule has 6 heteroatoms. The van der Waals surface area contributed by atoms with Gasteiger partial charge in [0.15, 0.2) is 23.0 Å². The zero-order chi connectivity index (χ0) is 19.9. The summed E-state index contributed by atoms with van der Waals surface area (Å²) in [5.41, 5.74) is 2.10. The normalized spacial score (nSPS) is 15.2. The summed E-state index contributed by atoms with van der Waals surface area (Å²) < 4.78 is 22.7. The van der Waals surface area contributed by atoms with Crippen LogP contribution in [0.3, 0.4) is 0 Å². The second-order valence-electron chi connectivity index (χ2n) is 6.71. The number of benzene rings is 2. The summed E-state index contributed by atoms with van der Waals surface area (Å²) in [5, 5.41) is 3.48. The molecule has 1 fully saturated rings. The Morgan fingerprint density at radius 1 is 0.750 bits per heavy atom. The van der Waals surface area contributed by atoms with Gasteiger partial charge in [-0.15, -0.1) is 0 Å². The predicted octanol–water partition coefficient (Wildman–Crippen LogP) is 3.11. The summed E-state index contributed by atoms with van der Waals surface area (Å²) in [6.07, 6.45) is 1.08. The average Bonchev–Trinajstić information content (AvgIpc) is 3.02. The van der Waals surface area contributed by atoms with Crippen LogP contribution in [0.25, 0.3) is 0 Å². The third-order valence-electron chi connectivity index (χ3n) is 5.20. The van der Waals surface area contributed by atoms with E-state index in [9.17, 15) is 0 Å². The molecule has 0 aliphatic carbocycles. The topological polar surface area (TPSA) is 52.2 Å². The molecular weight excluding hydrogens is 356 g/mol. The lowest BCUT2D eigenvalue weighted by atomic mass is 9.94. The van der Waals surface area contributed by atoms with E-state index in [1.54, 1.807) is 28.4 Å². The van der Waals surface area contributed by atoms with Gasteiger partial charge in [0.1, 0.15) is 0 Å². The zero-order valence-electron chi connectivity index (χ0n) is 17.2. The van der Waals surface area contributed by atoms with Crippen molar-refractivity contribution in [3.63, 3.8) is 0 Å². The van der Waals surface area contributed by atoms with Crippen molar-refractivity contribution in [3.8, 4) is 23.0 Å². The van der Waals surface area contributed by atoms with E-state index in [-0.39, 0.29) is 6.04 Å². The second kappa shape index (κ2) is 9.66. The van der Waals surface area contributed by atoms with Gasteiger partial charge < -0.3 is 24.3 Å². The second-order valence-corrected chi connectivity index (χ2v) is 6.71. The number of ether oxygens (including phenoxy) is 4. The fourth-order valence-electron chi connectivity index (χ4n) is 3.94. The van der Waals surface area contributed by atoms with Crippen LogP contribution in [0, 0.1) is 0 Å². The van der Waals surface area contributed by atoms with Gasteiger partial charge in [-0.05, 0) is 25.1 Å². The number of methoxy groups -OCH3 is 4. The van der Waals surface area contributed by atoms with E-state index >= 15 is 0 Å². The summed E-state index contributed by atoms with van der Waals surface area (Å²) in [4.78, 5) is 2.47. The first-order chi connectivity index (χ1) is 13.7. The summed E-state index contributed by atoms with van der Waals surface area (Å²) in [5.74, 6) is 2.94. The van der Waals surface area contributed by atoms with Crippen LogP contribution in [-0.2, 0) is 0 Å². The maximum Gasteiger partial charge on any atom is 0.165 e. The highest BCUT2D eigenvalue weighted by atomic mass is 16.5. The number of nitrogens with zero attached hydrogens (tertiary/aromatic N) is 1. The van der Waals surface area contributed by atoms with Gasteiger partial charge in [0, 0.05) is 30.8 Å². The quantitative estimate of drug-likeness (QED) is 0.789. The van der Waals surface area contributed by atoms with Gasteiger partial charge in [-0.25, -0.2) is 0 Å². The lowest BCUT2D eigenvalue weighted by Crippen LogP contribution is -2.33. The monoisotopic (exact) mass is 386 g/mol. The summed E-state index contributed by atoms with van der Waals surface area (Å²) >= 11 is 0. The summed E-state index contributed by atoms with van der Waals surface area (Å²) in [6.45, 7) is 3.85. The Kier molecular flexibility index (Phi) is 7.01. The first-order valence-electron chi connectivity index (χ1n) is 9.61. The molecule has 152 valence electrons. The molecule has 0 atom stereocenters. The molecule has 0 bridgehead atoms. The minimum atomic E-state index is -0.0463. The maximum absolute atomic E-state index is 5.78. The van der Waals surface area contributed by atoms with Gasteiger partial charge in [-0.3, -0.25) is 4.90 Å². The number of hydrogen-bond donors (Lipinski definition) is 1. The van der Waals surface area contributed by atoms with E-state index in [1.165, 1.54) is 0 Å². The SMILES string of the molecule is COc1cccc(C(c2cccc(OC)c2OC)N2CCCNCC2)c1OC. The van der Waals surface area contributed by atoms with Crippen LogP contribution in [-0.4, -0.2) is 59.5 Å². The molecule has 28 heavy (non-hydrogen) atoms. The first-order valence-corrected chi connectivity index (χ1v) is 9.61. The molecule has 0 saturated carbocycles. The van der Waals surface area contributed by atoms with Crippen molar-refractivity contribution in [1.82, 2.24) is 10.2 Å². The molecule has 0 unspecified atom stereocenters. The van der Waals surface area contributed by atoms with Crippen molar-refractivity contribution in [1.29, 1.82) is 0 Å². The van der Waals surface area contributed by atoms with Crippen LogP contribution in [0.2, 0.25) is 0 Å². The molecule has 0 spiro atoms. The lowest BCUT2D eigenvalue weighted by Gasteiger charge is -2.33. The molecule has 1 N–H and O–H groups in total. The molecule has 1 heterocycles. The number of rotatable bonds is 7. The third kappa shape index (κ3) is 4.03. The highest BCUT2D eigenvalue weighted by molar-refractivity contribution is 5.56. The Bertz CT molecular complexity index is 718. The highest BCUT2D eigenvalue weighted by Crippen LogP contribution is 2.45. The fourth-order valence-corrected chi connectivity index (χ4v) is 3.94. The molecule has 1 saturated heterocycles. The van der Waals surface area contributed by atoms with E-state index < -0.39 is 0 Å². The lowest BCUT2D eigenvalue weighted by molar-refractivity contribution is 0.228. The molecule has 6 nitrogen and oxygen atoms in total. The van der Waals surface area contributed by atoms with Crippen molar-refractivity contribution in [2.75, 3.05) is 54.6 Å². The van der Waals surface area contributed by atoms with Crippen molar-refractivity contribution in [2.45, 2.75) is 12.5 Å². The fraction of sp³-hybridized carbons (Fsp3) is 0.455. The minimum Gasteiger partial charge on any atom is -0.493 e. The van der Waals surface area contributed by atoms with E-state index in [0.29, 0.717) is 0 Å². The molecule has 0 amide bonds. The Hall–Kier alpha value is -2.44. The molecule has 2 aromatic carbocycles. The van der Waals surface area contributed by atoms with Crippen LogP contribution in [0.5, 0.6) is 23.0 Å². The van der Waals surface area contributed by atoms with E-state index in [2.05, 4.69) is 22.3 Å². The van der Waals surface area contributed by atoms with Crippen molar-refractivity contribution < 1.29 is 18.9 Å². The van der Waals surface area contributed by atoms with Crippen molar-refractivity contribution in [2.24, 2.45) is 0 Å². The third-order valence-corrected chi connectivity index (χ3v) is 5.20. The van der Waals surface area contributed by atoms with Gasteiger partial charge in [-0.1, -0.05) is 24.3 Å². The van der Waals surface area contributed by atoms with E-state index in [4.69, 9.17) is 18.9 Å². The standard InChI is InChI=1S/C22H30N2O4/c1-25-18-10-5-8-16(21(18)27-3)20(24-14-7-12-23-13-15-24)17-9-6-11-19(26-2)22(17)28-4/h5-6,8-11,20,23H,7,12-15H2,1-4H3. The van der Waals surface area contributed by atoms with Gasteiger partial charge in [0.2, 0.25) is 0 Å². The largest absolute Gasteiger partial charge is 0.493 e. The number of para-hydroxylation sites is 2. The Morgan fingerprint density at radius 3 is 1.82 bits per heavy atom. The summed E-state index contributed by atoms with van der Waals surface area (Å²) in [7, 11) is 6.70. The van der Waals surface area contributed by atoms with Crippen LogP contribution < -0.4 is 24.3 Å². The molecule has 1 aliphatic rings. The molecular formula is C22H30N2O4. The average molecular weight is 386 g/mol. The number of nitrogens with one attached hydrogen (secondary N) is 1. The van der Waals surface area contributed by atoms with Crippen LogP contribution >= 0.6 is 0 Å². The Balaban J connectivity index is 2.20. The first kappa shape index (κ1) is 20.3. The minimum absolute atomic E-state index is 0.0463. The number of hydrogen-bond acceptors (Lipinski definition) is 6. The van der Waals surface area contributed by atoms with Crippen molar-refractivity contribution in [3.05, 3.63) is 47.5 Å². The molecule has 1 aliphatic heterocycles.